The molecule has 0 saturated heterocycles. The van der Waals surface area contributed by atoms with E-state index in [0.29, 0.717) is 30.1 Å². The van der Waals surface area contributed by atoms with Crippen molar-refractivity contribution < 1.29 is 19.1 Å². The fourth-order valence-electron chi connectivity index (χ4n) is 2.78. The monoisotopic (exact) mass is 370 g/mol. The largest absolute Gasteiger partial charge is 0.493 e. The Kier molecular flexibility index (Phi) is 7.67. The van der Waals surface area contributed by atoms with Gasteiger partial charge in [0.05, 0.1) is 19.6 Å². The number of methoxy groups -OCH3 is 1. The Hall–Kier alpha value is -3.02. The van der Waals surface area contributed by atoms with Gasteiger partial charge >= 0.3 is 0 Å². The average molecular weight is 370 g/mol. The number of benzene rings is 2. The topological polar surface area (TPSA) is 76.7 Å². The zero-order valence-electron chi connectivity index (χ0n) is 16.0. The van der Waals surface area contributed by atoms with Gasteiger partial charge in [-0.15, -0.1) is 0 Å². The predicted octanol–water partition coefficient (Wildman–Crippen LogP) is 3.44. The number of nitrogens with one attached hydrogen (secondary N) is 2. The van der Waals surface area contributed by atoms with Crippen molar-refractivity contribution in [1.82, 2.24) is 10.9 Å². The van der Waals surface area contributed by atoms with E-state index < -0.39 is 5.91 Å². The van der Waals surface area contributed by atoms with Gasteiger partial charge in [0.15, 0.2) is 11.5 Å². The third-order valence-electron chi connectivity index (χ3n) is 4.12. The Labute approximate surface area is 159 Å². The molecular formula is C21H26N2O4. The van der Waals surface area contributed by atoms with Gasteiger partial charge in [-0.1, -0.05) is 43.7 Å². The van der Waals surface area contributed by atoms with Crippen LogP contribution in [-0.4, -0.2) is 25.5 Å². The van der Waals surface area contributed by atoms with Gasteiger partial charge in [0.1, 0.15) is 0 Å². The summed E-state index contributed by atoms with van der Waals surface area (Å²) in [6.45, 7) is 4.39. The lowest BCUT2D eigenvalue weighted by atomic mass is 9.94. The maximum absolute atomic E-state index is 12.6. The lowest BCUT2D eigenvalue weighted by molar-refractivity contribution is -0.123. The number of amides is 2. The molecular weight excluding hydrogens is 344 g/mol. The Morgan fingerprint density at radius 3 is 2.37 bits per heavy atom. The van der Waals surface area contributed by atoms with Gasteiger partial charge in [0.25, 0.3) is 5.91 Å². The normalized spacial score (nSPS) is 11.4. The molecule has 0 aliphatic rings. The van der Waals surface area contributed by atoms with Crippen LogP contribution in [0.25, 0.3) is 0 Å². The highest BCUT2D eigenvalue weighted by Crippen LogP contribution is 2.28. The van der Waals surface area contributed by atoms with Crippen LogP contribution in [0.15, 0.2) is 48.5 Å². The summed E-state index contributed by atoms with van der Waals surface area (Å²) < 4.78 is 10.7. The molecule has 2 amide bonds. The highest BCUT2D eigenvalue weighted by atomic mass is 16.5. The fraction of sp³-hybridized carbons (Fsp3) is 0.333. The van der Waals surface area contributed by atoms with Crippen LogP contribution in [0, 0.1) is 0 Å². The zero-order valence-corrected chi connectivity index (χ0v) is 16.0. The molecule has 0 radical (unpaired) electrons. The van der Waals surface area contributed by atoms with Crippen LogP contribution < -0.4 is 20.3 Å². The second kappa shape index (κ2) is 10.2. The molecule has 2 aromatic carbocycles. The first kappa shape index (κ1) is 20.3. The standard InChI is InChI=1S/C21H26N2O4/c1-4-9-17(15-10-7-6-8-11-15)21(25)23-22-20(24)16-12-13-18(27-5-2)19(14-16)26-3/h6-8,10-14,17H,4-5,9H2,1-3H3,(H,22,24)(H,23,25)/t17-/m0/s1. The van der Waals surface area contributed by atoms with E-state index in [1.54, 1.807) is 18.2 Å². The molecule has 6 nitrogen and oxygen atoms in total. The van der Waals surface area contributed by atoms with E-state index in [2.05, 4.69) is 10.9 Å². The van der Waals surface area contributed by atoms with Crippen LogP contribution in [0.4, 0.5) is 0 Å². The first-order valence-corrected chi connectivity index (χ1v) is 9.06. The van der Waals surface area contributed by atoms with E-state index in [1.165, 1.54) is 7.11 Å². The minimum absolute atomic E-state index is 0.241. The van der Waals surface area contributed by atoms with Crippen molar-refractivity contribution in [3.8, 4) is 11.5 Å². The molecule has 0 saturated carbocycles. The molecule has 1 atom stereocenters. The van der Waals surface area contributed by atoms with Crippen molar-refractivity contribution >= 4 is 11.8 Å². The molecule has 144 valence electrons. The summed E-state index contributed by atoms with van der Waals surface area (Å²) in [4.78, 5) is 24.9. The lowest BCUT2D eigenvalue weighted by Crippen LogP contribution is -2.44. The van der Waals surface area contributed by atoms with Crippen LogP contribution in [0.2, 0.25) is 0 Å². The summed E-state index contributed by atoms with van der Waals surface area (Å²) >= 11 is 0. The second-order valence-corrected chi connectivity index (χ2v) is 5.99. The Bertz CT molecular complexity index is 762. The second-order valence-electron chi connectivity index (χ2n) is 5.99. The van der Waals surface area contributed by atoms with E-state index in [9.17, 15) is 9.59 Å². The fourth-order valence-corrected chi connectivity index (χ4v) is 2.78. The average Bonchev–Trinajstić information content (AvgIpc) is 2.71. The molecule has 2 N–H and O–H groups in total. The van der Waals surface area contributed by atoms with Crippen molar-refractivity contribution in [1.29, 1.82) is 0 Å². The van der Waals surface area contributed by atoms with Gasteiger partial charge < -0.3 is 9.47 Å². The summed E-state index contributed by atoms with van der Waals surface area (Å²) in [5, 5.41) is 0. The number of carbonyl (C=O) groups is 2. The van der Waals surface area contributed by atoms with E-state index in [1.807, 2.05) is 44.2 Å². The van der Waals surface area contributed by atoms with Crippen LogP contribution in [-0.2, 0) is 4.79 Å². The van der Waals surface area contributed by atoms with E-state index in [0.717, 1.165) is 12.0 Å². The summed E-state index contributed by atoms with van der Waals surface area (Å²) in [5.74, 6) is 0.0466. The maximum Gasteiger partial charge on any atom is 0.269 e. The number of hydrazine groups is 1. The first-order chi connectivity index (χ1) is 13.1. The molecule has 0 heterocycles. The van der Waals surface area contributed by atoms with E-state index in [4.69, 9.17) is 9.47 Å². The van der Waals surface area contributed by atoms with Gasteiger partial charge in [-0.05, 0) is 37.1 Å². The van der Waals surface area contributed by atoms with Crippen molar-refractivity contribution in [3.05, 3.63) is 59.7 Å². The molecule has 0 fully saturated rings. The van der Waals surface area contributed by atoms with Crippen molar-refractivity contribution in [2.45, 2.75) is 32.6 Å². The summed E-state index contributed by atoms with van der Waals surface area (Å²) in [6, 6.07) is 14.4. The number of carbonyl (C=O) groups excluding carboxylic acids is 2. The molecule has 27 heavy (non-hydrogen) atoms. The maximum atomic E-state index is 12.6. The lowest BCUT2D eigenvalue weighted by Gasteiger charge is -2.17. The number of hydrogen-bond acceptors (Lipinski definition) is 4. The minimum atomic E-state index is -0.423. The summed E-state index contributed by atoms with van der Waals surface area (Å²) in [5.41, 5.74) is 6.29. The minimum Gasteiger partial charge on any atom is -0.493 e. The molecule has 6 heteroatoms. The van der Waals surface area contributed by atoms with Crippen molar-refractivity contribution in [2.24, 2.45) is 0 Å². The van der Waals surface area contributed by atoms with Crippen LogP contribution in [0.1, 0.15) is 48.5 Å². The highest BCUT2D eigenvalue weighted by molar-refractivity contribution is 5.96. The van der Waals surface area contributed by atoms with Gasteiger partial charge in [0.2, 0.25) is 5.91 Å². The molecule has 2 rings (SSSR count). The quantitative estimate of drug-likeness (QED) is 0.698. The van der Waals surface area contributed by atoms with Gasteiger partial charge in [0, 0.05) is 5.56 Å². The molecule has 0 spiro atoms. The molecule has 0 aliphatic heterocycles. The summed E-state index contributed by atoms with van der Waals surface area (Å²) in [6.07, 6.45) is 1.56. The number of ether oxygens (including phenoxy) is 2. The van der Waals surface area contributed by atoms with Crippen LogP contribution in [0.5, 0.6) is 11.5 Å². The van der Waals surface area contributed by atoms with Crippen molar-refractivity contribution in [2.75, 3.05) is 13.7 Å². The smallest absolute Gasteiger partial charge is 0.269 e. The van der Waals surface area contributed by atoms with Crippen molar-refractivity contribution in [3.63, 3.8) is 0 Å². The SMILES string of the molecule is CCC[C@H](C(=O)NNC(=O)c1ccc(OCC)c(OC)c1)c1ccccc1. The molecule has 0 aromatic heterocycles. The van der Waals surface area contributed by atoms with E-state index in [-0.39, 0.29) is 11.8 Å². The number of hydrogen-bond donors (Lipinski definition) is 2. The third kappa shape index (κ3) is 5.48. The summed E-state index contributed by atoms with van der Waals surface area (Å²) in [7, 11) is 1.51. The molecule has 0 bridgehead atoms. The van der Waals surface area contributed by atoms with Gasteiger partial charge in [-0.3, -0.25) is 20.4 Å². The molecule has 0 unspecified atom stereocenters. The highest BCUT2D eigenvalue weighted by Gasteiger charge is 2.20. The Morgan fingerprint density at radius 1 is 1.00 bits per heavy atom. The van der Waals surface area contributed by atoms with Crippen LogP contribution in [0.3, 0.4) is 0 Å². The van der Waals surface area contributed by atoms with Gasteiger partial charge in [-0.25, -0.2) is 0 Å². The Balaban J connectivity index is 2.04. The zero-order chi connectivity index (χ0) is 19.6. The molecule has 0 aliphatic carbocycles. The van der Waals surface area contributed by atoms with E-state index >= 15 is 0 Å². The third-order valence-corrected chi connectivity index (χ3v) is 4.12. The predicted molar refractivity (Wildman–Crippen MR) is 104 cm³/mol. The Morgan fingerprint density at radius 2 is 1.74 bits per heavy atom. The molecule has 2 aromatic rings. The first-order valence-electron chi connectivity index (χ1n) is 9.06. The number of rotatable bonds is 8. The van der Waals surface area contributed by atoms with Gasteiger partial charge in [-0.2, -0.15) is 0 Å². The van der Waals surface area contributed by atoms with Crippen LogP contribution >= 0.6 is 0 Å².